The number of imidazole rings is 2. The van der Waals surface area contributed by atoms with Crippen molar-refractivity contribution in [3.63, 3.8) is 0 Å². The van der Waals surface area contributed by atoms with Crippen LogP contribution in [0, 0.1) is 0 Å². The van der Waals surface area contributed by atoms with Gasteiger partial charge in [-0.2, -0.15) is 0 Å². The van der Waals surface area contributed by atoms with Crippen LogP contribution in [0.25, 0.3) is 11.2 Å². The summed E-state index contributed by atoms with van der Waals surface area (Å²) in [6.07, 6.45) is 8.73. The Labute approximate surface area is 137 Å². The monoisotopic (exact) mass is 326 g/mol. The Morgan fingerprint density at radius 3 is 3.12 bits per heavy atom. The van der Waals surface area contributed by atoms with Crippen LogP contribution in [0.4, 0.5) is 5.82 Å². The molecule has 3 N–H and O–H groups in total. The summed E-state index contributed by atoms with van der Waals surface area (Å²) in [5.41, 5.74) is 6.84. The molecule has 9 heteroatoms. The summed E-state index contributed by atoms with van der Waals surface area (Å²) < 4.78 is 1.84. The third-order valence-corrected chi connectivity index (χ3v) is 4.36. The fourth-order valence-corrected chi connectivity index (χ4v) is 3.35. The number of piperidine rings is 1. The lowest BCUT2D eigenvalue weighted by Crippen LogP contribution is -2.36. The van der Waals surface area contributed by atoms with E-state index in [1.807, 2.05) is 4.57 Å². The van der Waals surface area contributed by atoms with Crippen molar-refractivity contribution < 1.29 is 4.79 Å². The number of amides is 1. The van der Waals surface area contributed by atoms with Gasteiger partial charge >= 0.3 is 0 Å². The van der Waals surface area contributed by atoms with Crippen molar-refractivity contribution >= 4 is 22.9 Å². The zero-order valence-electron chi connectivity index (χ0n) is 13.1. The van der Waals surface area contributed by atoms with Gasteiger partial charge in [0.05, 0.1) is 6.33 Å². The van der Waals surface area contributed by atoms with E-state index in [1.54, 1.807) is 18.7 Å². The van der Waals surface area contributed by atoms with Crippen molar-refractivity contribution in [2.75, 3.05) is 18.0 Å². The number of nitrogens with zero attached hydrogens (tertiary/aromatic N) is 6. The zero-order valence-corrected chi connectivity index (χ0v) is 13.1. The van der Waals surface area contributed by atoms with Crippen LogP contribution in [0.2, 0.25) is 0 Å². The largest absolute Gasteiger partial charge is 0.368 e. The van der Waals surface area contributed by atoms with E-state index in [-0.39, 0.29) is 18.4 Å². The van der Waals surface area contributed by atoms with Gasteiger partial charge in [0.1, 0.15) is 24.2 Å². The van der Waals surface area contributed by atoms with Crippen molar-refractivity contribution in [1.29, 1.82) is 0 Å². The van der Waals surface area contributed by atoms with E-state index in [9.17, 15) is 4.79 Å². The first-order valence-corrected chi connectivity index (χ1v) is 7.90. The molecule has 124 valence electrons. The summed E-state index contributed by atoms with van der Waals surface area (Å²) in [5.74, 6) is 1.61. The van der Waals surface area contributed by atoms with Gasteiger partial charge in [-0.05, 0) is 12.8 Å². The molecule has 0 bridgehead atoms. The van der Waals surface area contributed by atoms with Crippen LogP contribution in [0.1, 0.15) is 24.6 Å². The highest BCUT2D eigenvalue weighted by Gasteiger charge is 2.27. The molecule has 1 saturated heterocycles. The number of rotatable bonds is 4. The first kappa shape index (κ1) is 14.6. The molecule has 0 radical (unpaired) electrons. The number of fused-ring (bicyclic) bond motifs is 1. The van der Waals surface area contributed by atoms with Crippen molar-refractivity contribution in [2.45, 2.75) is 25.3 Å². The third-order valence-electron chi connectivity index (χ3n) is 4.36. The third kappa shape index (κ3) is 2.57. The van der Waals surface area contributed by atoms with Crippen molar-refractivity contribution in [3.8, 4) is 0 Å². The van der Waals surface area contributed by atoms with Gasteiger partial charge < -0.3 is 20.2 Å². The van der Waals surface area contributed by atoms with Gasteiger partial charge in [-0.1, -0.05) is 0 Å². The normalized spacial score (nSPS) is 18.2. The predicted octanol–water partition coefficient (Wildman–Crippen LogP) is 0.419. The molecule has 0 unspecified atom stereocenters. The molecule has 3 aromatic rings. The topological polar surface area (TPSA) is 119 Å². The minimum atomic E-state index is -0.364. The van der Waals surface area contributed by atoms with Crippen LogP contribution in [-0.4, -0.2) is 48.5 Å². The minimum absolute atomic E-state index is 0.157. The molecule has 1 amide bonds. The average molecular weight is 326 g/mol. The predicted molar refractivity (Wildman–Crippen MR) is 87.3 cm³/mol. The van der Waals surface area contributed by atoms with E-state index < -0.39 is 0 Å². The number of carbonyl (C=O) groups excluding carboxylic acids is 1. The van der Waals surface area contributed by atoms with Crippen molar-refractivity contribution in [1.82, 2.24) is 29.5 Å². The maximum absolute atomic E-state index is 11.2. The van der Waals surface area contributed by atoms with E-state index >= 15 is 0 Å². The lowest BCUT2D eigenvalue weighted by atomic mass is 9.97. The Bertz CT molecular complexity index is 869. The maximum Gasteiger partial charge on any atom is 0.237 e. The molecule has 0 saturated carbocycles. The zero-order chi connectivity index (χ0) is 16.5. The number of hydrogen-bond acceptors (Lipinski definition) is 6. The molecule has 1 atom stereocenters. The van der Waals surface area contributed by atoms with E-state index in [2.05, 4.69) is 29.8 Å². The fraction of sp³-hybridized carbons (Fsp3) is 0.400. The Morgan fingerprint density at radius 1 is 1.33 bits per heavy atom. The molecule has 0 aromatic carbocycles. The van der Waals surface area contributed by atoms with Crippen LogP contribution in [0.3, 0.4) is 0 Å². The van der Waals surface area contributed by atoms with Gasteiger partial charge in [-0.25, -0.2) is 19.9 Å². The van der Waals surface area contributed by atoms with Gasteiger partial charge in [-0.15, -0.1) is 0 Å². The van der Waals surface area contributed by atoms with Crippen LogP contribution in [0.15, 0.2) is 25.0 Å². The molecule has 1 aliphatic rings. The number of nitrogens with two attached hydrogens (primary N) is 1. The van der Waals surface area contributed by atoms with Crippen LogP contribution in [-0.2, 0) is 11.3 Å². The van der Waals surface area contributed by atoms with Crippen molar-refractivity contribution in [3.05, 3.63) is 30.9 Å². The Hall–Kier alpha value is -2.97. The summed E-state index contributed by atoms with van der Waals surface area (Å²) in [5, 5.41) is 0. The van der Waals surface area contributed by atoms with Crippen LogP contribution >= 0.6 is 0 Å². The number of primary amides is 1. The van der Waals surface area contributed by atoms with E-state index in [0.717, 1.165) is 43.1 Å². The molecule has 24 heavy (non-hydrogen) atoms. The number of aromatic nitrogens is 6. The van der Waals surface area contributed by atoms with Crippen LogP contribution in [0.5, 0.6) is 0 Å². The molecule has 9 nitrogen and oxygen atoms in total. The van der Waals surface area contributed by atoms with Crippen LogP contribution < -0.4 is 10.6 Å². The molecular formula is C15H18N8O. The van der Waals surface area contributed by atoms with Gasteiger partial charge in [0, 0.05) is 31.4 Å². The number of hydrogen-bond donors (Lipinski definition) is 2. The first-order chi connectivity index (χ1) is 11.7. The SMILES string of the molecule is NC(=O)Cn1ccnc1[C@@H]1CCCN(c2ncnc3nc[nH]c23)C1. The highest BCUT2D eigenvalue weighted by atomic mass is 16.1. The fourth-order valence-electron chi connectivity index (χ4n) is 3.35. The lowest BCUT2D eigenvalue weighted by molar-refractivity contribution is -0.118. The van der Waals surface area contributed by atoms with E-state index in [0.29, 0.717) is 5.65 Å². The minimum Gasteiger partial charge on any atom is -0.368 e. The summed E-state index contributed by atoms with van der Waals surface area (Å²) in [6, 6.07) is 0. The van der Waals surface area contributed by atoms with Gasteiger partial charge in [0.2, 0.25) is 5.91 Å². The summed E-state index contributed by atoms with van der Waals surface area (Å²) in [4.78, 5) is 33.8. The van der Waals surface area contributed by atoms with Gasteiger partial charge in [-0.3, -0.25) is 4.79 Å². The summed E-state index contributed by atoms with van der Waals surface area (Å²) >= 11 is 0. The standard InChI is InChI=1S/C15H18N8O/c16-11(24)7-23-5-3-17-14(23)10-2-1-4-22(6-10)15-12-13(19-8-18-12)20-9-21-15/h3,5,8-10H,1-2,4,6-7H2,(H2,16,24)(H,18,19,20,21)/t10-/m1/s1. The molecular weight excluding hydrogens is 308 g/mol. The molecule has 1 fully saturated rings. The number of H-pyrrole nitrogens is 1. The van der Waals surface area contributed by atoms with E-state index in [1.165, 1.54) is 6.33 Å². The smallest absolute Gasteiger partial charge is 0.237 e. The number of nitrogens with one attached hydrogen (secondary N) is 1. The highest BCUT2D eigenvalue weighted by Crippen LogP contribution is 2.30. The summed E-state index contributed by atoms with van der Waals surface area (Å²) in [6.45, 7) is 1.85. The molecule has 1 aliphatic heterocycles. The quantitative estimate of drug-likeness (QED) is 0.717. The molecule has 3 aromatic heterocycles. The second kappa shape index (κ2) is 5.91. The number of carbonyl (C=O) groups is 1. The molecule has 4 heterocycles. The average Bonchev–Trinajstić information content (AvgIpc) is 3.23. The van der Waals surface area contributed by atoms with Crippen molar-refractivity contribution in [2.24, 2.45) is 5.73 Å². The second-order valence-electron chi connectivity index (χ2n) is 5.96. The first-order valence-electron chi connectivity index (χ1n) is 7.90. The molecule has 4 rings (SSSR count). The molecule has 0 aliphatic carbocycles. The van der Waals surface area contributed by atoms with Gasteiger partial charge in [0.25, 0.3) is 0 Å². The maximum atomic E-state index is 11.2. The number of aromatic amines is 1. The molecule has 0 spiro atoms. The highest BCUT2D eigenvalue weighted by molar-refractivity contribution is 5.82. The Balaban J connectivity index is 1.61. The Kier molecular flexibility index (Phi) is 3.60. The number of anilines is 1. The van der Waals surface area contributed by atoms with E-state index in [4.69, 9.17) is 5.73 Å². The van der Waals surface area contributed by atoms with Gasteiger partial charge in [0.15, 0.2) is 11.5 Å². The lowest BCUT2D eigenvalue weighted by Gasteiger charge is -2.33. The summed E-state index contributed by atoms with van der Waals surface area (Å²) in [7, 11) is 0. The second-order valence-corrected chi connectivity index (χ2v) is 5.96. The Morgan fingerprint density at radius 2 is 2.25 bits per heavy atom.